The Bertz CT molecular complexity index is 538. The van der Waals surface area contributed by atoms with Gasteiger partial charge in [-0.3, -0.25) is 0 Å². The zero-order valence-corrected chi connectivity index (χ0v) is 13.3. The molecule has 0 amide bonds. The first-order chi connectivity index (χ1) is 8.70. The molecule has 0 aliphatic rings. The van der Waals surface area contributed by atoms with E-state index in [1.807, 2.05) is 31.2 Å². The van der Waals surface area contributed by atoms with Crippen LogP contribution in [0, 0.1) is 0 Å². The maximum absolute atomic E-state index is 5.65. The van der Waals surface area contributed by atoms with E-state index in [2.05, 4.69) is 50.1 Å². The second kappa shape index (κ2) is 6.39. The molecule has 2 aromatic carbocycles. The molecule has 0 unspecified atom stereocenters. The van der Waals surface area contributed by atoms with Gasteiger partial charge in [0, 0.05) is 15.4 Å². The van der Waals surface area contributed by atoms with Crippen molar-refractivity contribution in [3.05, 3.63) is 62.5 Å². The molecule has 0 radical (unpaired) electrons. The van der Waals surface area contributed by atoms with Gasteiger partial charge in [-0.25, -0.2) is 0 Å². The Kier molecular flexibility index (Phi) is 4.84. The van der Waals surface area contributed by atoms with E-state index in [1.165, 1.54) is 11.1 Å². The van der Waals surface area contributed by atoms with Crippen LogP contribution in [0.4, 0.5) is 0 Å². The predicted molar refractivity (Wildman–Crippen MR) is 82.3 cm³/mol. The summed E-state index contributed by atoms with van der Waals surface area (Å²) < 4.78 is 7.87. The van der Waals surface area contributed by atoms with E-state index in [1.54, 1.807) is 0 Å². The van der Waals surface area contributed by atoms with Crippen LogP contribution in [0.3, 0.4) is 0 Å². The lowest BCUT2D eigenvalue weighted by Crippen LogP contribution is -1.98. The third-order valence-electron chi connectivity index (χ3n) is 2.66. The minimum atomic E-state index is 0.691. The van der Waals surface area contributed by atoms with Crippen LogP contribution < -0.4 is 4.74 Å². The molecule has 0 atom stereocenters. The Morgan fingerprint density at radius 2 is 1.78 bits per heavy atom. The van der Waals surface area contributed by atoms with Crippen molar-refractivity contribution >= 4 is 31.9 Å². The Morgan fingerprint density at radius 1 is 1.00 bits per heavy atom. The first kappa shape index (κ1) is 13.6. The maximum Gasteiger partial charge on any atom is 0.122 e. The number of hydrogen-bond acceptors (Lipinski definition) is 1. The lowest BCUT2D eigenvalue weighted by molar-refractivity contribution is 0.337. The quantitative estimate of drug-likeness (QED) is 0.719. The van der Waals surface area contributed by atoms with Gasteiger partial charge in [-0.1, -0.05) is 50.1 Å². The van der Waals surface area contributed by atoms with Crippen molar-refractivity contribution in [2.24, 2.45) is 0 Å². The van der Waals surface area contributed by atoms with Crippen molar-refractivity contribution in [1.29, 1.82) is 0 Å². The van der Waals surface area contributed by atoms with Crippen LogP contribution in [0.1, 0.15) is 18.1 Å². The van der Waals surface area contributed by atoms with Crippen molar-refractivity contribution in [3.8, 4) is 5.75 Å². The van der Waals surface area contributed by atoms with Crippen LogP contribution in [0.2, 0.25) is 0 Å². The van der Waals surface area contributed by atoms with Crippen molar-refractivity contribution in [1.82, 2.24) is 0 Å². The van der Waals surface area contributed by atoms with Gasteiger partial charge in [0.2, 0.25) is 0 Å². The van der Waals surface area contributed by atoms with Crippen molar-refractivity contribution < 1.29 is 4.74 Å². The third kappa shape index (κ3) is 3.36. The molecule has 0 fully saturated rings. The first-order valence-corrected chi connectivity index (χ1v) is 7.44. The fourth-order valence-electron chi connectivity index (χ4n) is 1.83. The van der Waals surface area contributed by atoms with Gasteiger partial charge < -0.3 is 4.74 Å². The average Bonchev–Trinajstić information content (AvgIpc) is 2.36. The number of benzene rings is 2. The Labute approximate surface area is 124 Å². The van der Waals surface area contributed by atoms with Crippen LogP contribution in [-0.4, -0.2) is 6.61 Å². The monoisotopic (exact) mass is 368 g/mol. The molecular weight excluding hydrogens is 356 g/mol. The van der Waals surface area contributed by atoms with E-state index in [4.69, 9.17) is 4.74 Å². The van der Waals surface area contributed by atoms with E-state index in [0.29, 0.717) is 6.61 Å². The summed E-state index contributed by atoms with van der Waals surface area (Å²) in [6.45, 7) is 2.70. The first-order valence-electron chi connectivity index (χ1n) is 5.85. The zero-order valence-electron chi connectivity index (χ0n) is 10.1. The molecule has 3 heteroatoms. The lowest BCUT2D eigenvalue weighted by Gasteiger charge is -2.11. The summed E-state index contributed by atoms with van der Waals surface area (Å²) >= 11 is 7.10. The average molecular weight is 370 g/mol. The van der Waals surface area contributed by atoms with Crippen LogP contribution >= 0.6 is 31.9 Å². The second-order valence-corrected chi connectivity index (χ2v) is 5.72. The molecule has 2 rings (SSSR count). The SMILES string of the molecule is CCOc1ccccc1Cc1cc(Br)ccc1Br. The summed E-state index contributed by atoms with van der Waals surface area (Å²) in [5.74, 6) is 0.965. The normalized spacial score (nSPS) is 10.4. The van der Waals surface area contributed by atoms with Crippen molar-refractivity contribution in [2.45, 2.75) is 13.3 Å². The molecule has 0 heterocycles. The summed E-state index contributed by atoms with van der Waals surface area (Å²) in [7, 11) is 0. The largest absolute Gasteiger partial charge is 0.494 e. The van der Waals surface area contributed by atoms with E-state index < -0.39 is 0 Å². The van der Waals surface area contributed by atoms with Crippen LogP contribution in [-0.2, 0) is 6.42 Å². The van der Waals surface area contributed by atoms with E-state index >= 15 is 0 Å². The highest BCUT2D eigenvalue weighted by Crippen LogP contribution is 2.27. The van der Waals surface area contributed by atoms with Gasteiger partial charge in [0.25, 0.3) is 0 Å². The molecule has 94 valence electrons. The van der Waals surface area contributed by atoms with E-state index in [-0.39, 0.29) is 0 Å². The number of para-hydroxylation sites is 1. The van der Waals surface area contributed by atoms with Crippen LogP contribution in [0.5, 0.6) is 5.75 Å². The molecule has 0 aliphatic heterocycles. The van der Waals surface area contributed by atoms with Gasteiger partial charge >= 0.3 is 0 Å². The van der Waals surface area contributed by atoms with Gasteiger partial charge in [0.05, 0.1) is 6.61 Å². The molecule has 0 spiro atoms. The van der Waals surface area contributed by atoms with Gasteiger partial charge in [0.15, 0.2) is 0 Å². The van der Waals surface area contributed by atoms with Gasteiger partial charge in [-0.05, 0) is 42.3 Å². The summed E-state index contributed by atoms with van der Waals surface area (Å²) in [6.07, 6.45) is 0.857. The van der Waals surface area contributed by atoms with Gasteiger partial charge in [0.1, 0.15) is 5.75 Å². The van der Waals surface area contributed by atoms with Crippen LogP contribution in [0.25, 0.3) is 0 Å². The molecule has 1 nitrogen and oxygen atoms in total. The lowest BCUT2D eigenvalue weighted by atomic mass is 10.0. The fraction of sp³-hybridized carbons (Fsp3) is 0.200. The Hall–Kier alpha value is -0.800. The minimum Gasteiger partial charge on any atom is -0.494 e. The minimum absolute atomic E-state index is 0.691. The Balaban J connectivity index is 2.30. The summed E-state index contributed by atoms with van der Waals surface area (Å²) in [4.78, 5) is 0. The fourth-order valence-corrected chi connectivity index (χ4v) is 2.63. The molecule has 2 aromatic rings. The molecule has 0 bridgehead atoms. The molecule has 18 heavy (non-hydrogen) atoms. The second-order valence-electron chi connectivity index (χ2n) is 3.95. The van der Waals surface area contributed by atoms with Crippen LogP contribution in [0.15, 0.2) is 51.4 Å². The number of ether oxygens (including phenoxy) is 1. The molecule has 0 saturated heterocycles. The molecule has 0 aromatic heterocycles. The predicted octanol–water partition coefficient (Wildman–Crippen LogP) is 5.20. The molecule has 0 saturated carbocycles. The van der Waals surface area contributed by atoms with E-state index in [0.717, 1.165) is 21.1 Å². The summed E-state index contributed by atoms with van der Waals surface area (Å²) in [6, 6.07) is 14.4. The highest BCUT2D eigenvalue weighted by atomic mass is 79.9. The highest BCUT2D eigenvalue weighted by Gasteiger charge is 2.07. The number of halogens is 2. The highest BCUT2D eigenvalue weighted by molar-refractivity contribution is 9.11. The van der Waals surface area contributed by atoms with Gasteiger partial charge in [-0.2, -0.15) is 0 Å². The Morgan fingerprint density at radius 3 is 2.56 bits per heavy atom. The maximum atomic E-state index is 5.65. The van der Waals surface area contributed by atoms with Crippen molar-refractivity contribution in [2.75, 3.05) is 6.61 Å². The third-order valence-corrected chi connectivity index (χ3v) is 3.93. The zero-order chi connectivity index (χ0) is 13.0. The smallest absolute Gasteiger partial charge is 0.122 e. The van der Waals surface area contributed by atoms with E-state index in [9.17, 15) is 0 Å². The summed E-state index contributed by atoms with van der Waals surface area (Å²) in [5, 5.41) is 0. The number of hydrogen-bond donors (Lipinski definition) is 0. The topological polar surface area (TPSA) is 9.23 Å². The molecule has 0 N–H and O–H groups in total. The molecule has 0 aliphatic carbocycles. The van der Waals surface area contributed by atoms with Crippen molar-refractivity contribution in [3.63, 3.8) is 0 Å². The standard InChI is InChI=1S/C15H14Br2O/c1-2-18-15-6-4-3-5-11(15)9-12-10-13(16)7-8-14(12)17/h3-8,10H,2,9H2,1H3. The summed E-state index contributed by atoms with van der Waals surface area (Å²) in [5.41, 5.74) is 2.45. The number of rotatable bonds is 4. The van der Waals surface area contributed by atoms with Gasteiger partial charge in [-0.15, -0.1) is 0 Å². The molecular formula is C15H14Br2O.